The second kappa shape index (κ2) is 4.70. The number of Topliss-reactive ketones (excluding diaryl/α,β-unsaturated/α-hetero) is 3. The molecule has 0 fully saturated rings. The van der Waals surface area contributed by atoms with E-state index in [9.17, 15) is 14.4 Å². The number of rotatable bonds is 1. The van der Waals surface area contributed by atoms with Crippen molar-refractivity contribution in [3.63, 3.8) is 0 Å². The fourth-order valence-corrected chi connectivity index (χ4v) is 2.22. The van der Waals surface area contributed by atoms with Crippen molar-refractivity contribution < 1.29 is 14.4 Å². The summed E-state index contributed by atoms with van der Waals surface area (Å²) in [6, 6.07) is 15.4. The first kappa shape index (κ1) is 12.2. The maximum absolute atomic E-state index is 12.3. The maximum Gasteiger partial charge on any atom is 0.237 e. The molecular weight excluding hydrogens is 252 g/mol. The van der Waals surface area contributed by atoms with Crippen molar-refractivity contribution in [2.24, 2.45) is 0 Å². The third kappa shape index (κ3) is 1.89. The van der Waals surface area contributed by atoms with Crippen LogP contribution in [0.3, 0.4) is 0 Å². The van der Waals surface area contributed by atoms with E-state index in [1.165, 1.54) is 12.1 Å². The van der Waals surface area contributed by atoms with Crippen molar-refractivity contribution in [3.05, 3.63) is 76.9 Å². The van der Waals surface area contributed by atoms with Crippen molar-refractivity contribution in [3.8, 4) is 0 Å². The largest absolute Gasteiger partial charge is 0.288 e. The van der Waals surface area contributed by atoms with Crippen LogP contribution < -0.4 is 0 Å². The summed E-state index contributed by atoms with van der Waals surface area (Å²) in [5.41, 5.74) is 1.13. The molecule has 96 valence electrons. The third-order valence-electron chi connectivity index (χ3n) is 3.22. The molecule has 0 aromatic heterocycles. The molecule has 0 spiro atoms. The number of benzene rings is 2. The molecular formula is C17H10O3. The Morgan fingerprint density at radius 2 is 1.15 bits per heavy atom. The van der Waals surface area contributed by atoms with Crippen LogP contribution in [-0.2, 0) is 4.79 Å². The minimum absolute atomic E-state index is 0.0695. The first-order chi connectivity index (χ1) is 9.68. The second-order valence-corrected chi connectivity index (χ2v) is 4.50. The molecule has 1 aliphatic rings. The minimum atomic E-state index is -0.738. The van der Waals surface area contributed by atoms with Crippen molar-refractivity contribution in [1.29, 1.82) is 0 Å². The normalized spacial score (nSPS) is 16.4. The highest BCUT2D eigenvalue weighted by Gasteiger charge is 2.35. The van der Waals surface area contributed by atoms with Gasteiger partial charge in [0.05, 0.1) is 5.57 Å². The molecule has 3 heteroatoms. The molecule has 0 atom stereocenters. The van der Waals surface area contributed by atoms with E-state index < -0.39 is 17.3 Å². The Morgan fingerprint density at radius 1 is 0.600 bits per heavy atom. The van der Waals surface area contributed by atoms with E-state index in [1.54, 1.807) is 42.5 Å². The Balaban J connectivity index is 2.15. The van der Waals surface area contributed by atoms with E-state index in [1.807, 2.05) is 6.07 Å². The van der Waals surface area contributed by atoms with Crippen LogP contribution in [0.1, 0.15) is 26.3 Å². The molecule has 0 saturated heterocycles. The monoisotopic (exact) mass is 262 g/mol. The fourth-order valence-electron chi connectivity index (χ4n) is 2.22. The van der Waals surface area contributed by atoms with Crippen LogP contribution in [-0.4, -0.2) is 17.3 Å². The zero-order valence-corrected chi connectivity index (χ0v) is 10.5. The van der Waals surface area contributed by atoms with Gasteiger partial charge in [-0.05, 0) is 11.6 Å². The molecule has 0 unspecified atom stereocenters. The summed E-state index contributed by atoms with van der Waals surface area (Å²) in [6.07, 6.45) is 1.47. The van der Waals surface area contributed by atoms with Gasteiger partial charge in [-0.1, -0.05) is 54.6 Å². The summed E-state index contributed by atoms with van der Waals surface area (Å²) in [5, 5.41) is 0. The highest BCUT2D eigenvalue weighted by molar-refractivity contribution is 6.60. The predicted octanol–water partition coefficient (Wildman–Crippen LogP) is 2.72. The lowest BCUT2D eigenvalue weighted by atomic mass is 9.84. The highest BCUT2D eigenvalue weighted by atomic mass is 16.2. The molecule has 1 aliphatic carbocycles. The van der Waals surface area contributed by atoms with E-state index >= 15 is 0 Å². The van der Waals surface area contributed by atoms with Crippen molar-refractivity contribution in [2.45, 2.75) is 0 Å². The average molecular weight is 262 g/mol. The van der Waals surface area contributed by atoms with Crippen molar-refractivity contribution >= 4 is 23.4 Å². The lowest BCUT2D eigenvalue weighted by Gasteiger charge is -2.14. The second-order valence-electron chi connectivity index (χ2n) is 4.50. The van der Waals surface area contributed by atoms with Crippen LogP contribution in [0.25, 0.3) is 6.08 Å². The summed E-state index contributed by atoms with van der Waals surface area (Å²) in [6.45, 7) is 0. The molecule has 20 heavy (non-hydrogen) atoms. The summed E-state index contributed by atoms with van der Waals surface area (Å²) in [4.78, 5) is 36.4. The molecule has 3 rings (SSSR count). The summed E-state index contributed by atoms with van der Waals surface area (Å²) in [7, 11) is 0. The van der Waals surface area contributed by atoms with Crippen LogP contribution in [0.5, 0.6) is 0 Å². The zero-order valence-electron chi connectivity index (χ0n) is 10.5. The number of allylic oxidation sites excluding steroid dienone is 1. The fraction of sp³-hybridized carbons (Fsp3) is 0. The SMILES string of the molecule is O=C1C(=O)c2ccccc2C(=O)C1=Cc1ccccc1. The number of hydrogen-bond donors (Lipinski definition) is 0. The van der Waals surface area contributed by atoms with Gasteiger partial charge in [0.2, 0.25) is 11.6 Å². The third-order valence-corrected chi connectivity index (χ3v) is 3.22. The van der Waals surface area contributed by atoms with Crippen LogP contribution >= 0.6 is 0 Å². The molecule has 3 nitrogen and oxygen atoms in total. The van der Waals surface area contributed by atoms with Crippen LogP contribution in [0.15, 0.2) is 60.2 Å². The molecule has 0 bridgehead atoms. The predicted molar refractivity (Wildman–Crippen MR) is 74.5 cm³/mol. The van der Waals surface area contributed by atoms with Gasteiger partial charge in [-0.25, -0.2) is 0 Å². The van der Waals surface area contributed by atoms with Crippen molar-refractivity contribution in [2.75, 3.05) is 0 Å². The Morgan fingerprint density at radius 3 is 1.80 bits per heavy atom. The van der Waals surface area contributed by atoms with E-state index in [2.05, 4.69) is 0 Å². The molecule has 0 amide bonds. The van der Waals surface area contributed by atoms with E-state index in [0.717, 1.165) is 5.56 Å². The first-order valence-electron chi connectivity index (χ1n) is 6.18. The lowest BCUT2D eigenvalue weighted by Crippen LogP contribution is -2.29. The zero-order chi connectivity index (χ0) is 14.1. The summed E-state index contributed by atoms with van der Waals surface area (Å²) < 4.78 is 0. The highest BCUT2D eigenvalue weighted by Crippen LogP contribution is 2.24. The number of carbonyl (C=O) groups is 3. The van der Waals surface area contributed by atoms with E-state index in [0.29, 0.717) is 5.56 Å². The standard InChI is InChI=1S/C17H10O3/c18-15-12-8-4-5-9-13(12)16(19)17(20)14(15)10-11-6-2-1-3-7-11/h1-10H. The van der Waals surface area contributed by atoms with Gasteiger partial charge >= 0.3 is 0 Å². The summed E-state index contributed by atoms with van der Waals surface area (Å²) >= 11 is 0. The van der Waals surface area contributed by atoms with Gasteiger partial charge in [-0.15, -0.1) is 0 Å². The van der Waals surface area contributed by atoms with E-state index in [-0.39, 0.29) is 11.1 Å². The van der Waals surface area contributed by atoms with Crippen LogP contribution in [0, 0.1) is 0 Å². The smallest absolute Gasteiger partial charge is 0.237 e. The lowest BCUT2D eigenvalue weighted by molar-refractivity contribution is -0.111. The Hall–Kier alpha value is -2.81. The Kier molecular flexibility index (Phi) is 2.88. The maximum atomic E-state index is 12.3. The van der Waals surface area contributed by atoms with Crippen LogP contribution in [0.4, 0.5) is 0 Å². The van der Waals surface area contributed by atoms with Crippen molar-refractivity contribution in [1.82, 2.24) is 0 Å². The molecule has 0 saturated carbocycles. The number of carbonyl (C=O) groups excluding carboxylic acids is 3. The van der Waals surface area contributed by atoms with Gasteiger partial charge in [0.1, 0.15) is 0 Å². The number of hydrogen-bond acceptors (Lipinski definition) is 3. The first-order valence-corrected chi connectivity index (χ1v) is 6.18. The van der Waals surface area contributed by atoms with Gasteiger partial charge < -0.3 is 0 Å². The molecule has 2 aromatic rings. The van der Waals surface area contributed by atoms with Gasteiger partial charge in [-0.3, -0.25) is 14.4 Å². The van der Waals surface area contributed by atoms with Gasteiger partial charge in [-0.2, -0.15) is 0 Å². The van der Waals surface area contributed by atoms with Gasteiger partial charge in [0.25, 0.3) is 0 Å². The minimum Gasteiger partial charge on any atom is -0.288 e. The van der Waals surface area contributed by atoms with Crippen LogP contribution in [0.2, 0.25) is 0 Å². The average Bonchev–Trinajstić information content (AvgIpc) is 2.50. The Bertz CT molecular complexity index is 755. The van der Waals surface area contributed by atoms with Gasteiger partial charge in [0.15, 0.2) is 5.78 Å². The Labute approximate surface area is 115 Å². The number of fused-ring (bicyclic) bond motifs is 1. The topological polar surface area (TPSA) is 51.2 Å². The molecule has 0 radical (unpaired) electrons. The molecule has 0 aliphatic heterocycles. The quantitative estimate of drug-likeness (QED) is 0.451. The summed E-state index contributed by atoms with van der Waals surface area (Å²) in [5.74, 6) is -1.76. The van der Waals surface area contributed by atoms with Gasteiger partial charge in [0, 0.05) is 11.1 Å². The molecule has 0 heterocycles. The molecule has 2 aromatic carbocycles. The van der Waals surface area contributed by atoms with E-state index in [4.69, 9.17) is 0 Å². The molecule has 0 N–H and O–H groups in total. The number of ketones is 3.